The quantitative estimate of drug-likeness (QED) is 0.362. The molecule has 5 heteroatoms. The van der Waals surface area contributed by atoms with Gasteiger partial charge in [0.25, 0.3) is 0 Å². The summed E-state index contributed by atoms with van der Waals surface area (Å²) < 4.78 is 27.5. The second-order valence-electron chi connectivity index (χ2n) is 7.41. The second kappa shape index (κ2) is 7.18. The number of hydrogen-bond donors (Lipinski definition) is 0. The molecular formula is C25H20NO2S2. The monoisotopic (exact) mass is 430 g/mol. The van der Waals surface area contributed by atoms with Crippen LogP contribution in [0.1, 0.15) is 34.9 Å². The summed E-state index contributed by atoms with van der Waals surface area (Å²) in [5, 5.41) is 0. The van der Waals surface area contributed by atoms with Crippen LogP contribution in [-0.4, -0.2) is 13.4 Å². The number of aromatic nitrogens is 1. The van der Waals surface area contributed by atoms with Gasteiger partial charge in [-0.1, -0.05) is 85.8 Å². The van der Waals surface area contributed by atoms with E-state index in [2.05, 4.69) is 11.1 Å². The van der Waals surface area contributed by atoms with E-state index in [0.29, 0.717) is 12.8 Å². The molecule has 4 aromatic rings. The molecule has 0 saturated heterocycles. The molecule has 0 aliphatic heterocycles. The Kier molecular flexibility index (Phi) is 4.60. The lowest BCUT2D eigenvalue weighted by Crippen LogP contribution is -2.36. The topological polar surface area (TPSA) is 47.0 Å². The van der Waals surface area contributed by atoms with E-state index in [1.165, 1.54) is 11.3 Å². The molecule has 0 spiro atoms. The Bertz CT molecular complexity index is 1270. The first-order valence-corrected chi connectivity index (χ1v) is 12.2. The van der Waals surface area contributed by atoms with E-state index < -0.39 is 14.6 Å². The molecule has 0 amide bonds. The van der Waals surface area contributed by atoms with Crippen molar-refractivity contribution in [3.8, 4) is 11.3 Å². The van der Waals surface area contributed by atoms with Gasteiger partial charge in [0, 0.05) is 16.9 Å². The minimum atomic E-state index is -3.80. The van der Waals surface area contributed by atoms with Crippen LogP contribution < -0.4 is 0 Å². The largest absolute Gasteiger partial charge is 0.225 e. The fourth-order valence-corrected chi connectivity index (χ4v) is 8.18. The van der Waals surface area contributed by atoms with Crippen molar-refractivity contribution >= 4 is 21.2 Å². The molecule has 0 bridgehead atoms. The van der Waals surface area contributed by atoms with Crippen molar-refractivity contribution in [1.29, 1.82) is 0 Å². The van der Waals surface area contributed by atoms with E-state index in [1.807, 2.05) is 85.8 Å². The molecule has 0 unspecified atom stereocenters. The molecule has 1 aliphatic carbocycles. The van der Waals surface area contributed by atoms with Gasteiger partial charge < -0.3 is 0 Å². The average molecular weight is 431 g/mol. The van der Waals surface area contributed by atoms with Crippen molar-refractivity contribution < 1.29 is 8.42 Å². The third-order valence-corrected chi connectivity index (χ3v) is 9.87. The van der Waals surface area contributed by atoms with Crippen molar-refractivity contribution in [2.24, 2.45) is 0 Å². The van der Waals surface area contributed by atoms with Crippen LogP contribution in [0.4, 0.5) is 0 Å². The highest BCUT2D eigenvalue weighted by atomic mass is 32.2. The lowest BCUT2D eigenvalue weighted by Gasteiger charge is -2.32. The van der Waals surface area contributed by atoms with Crippen LogP contribution in [0.3, 0.4) is 0 Å². The van der Waals surface area contributed by atoms with Crippen molar-refractivity contribution in [3.05, 3.63) is 106 Å². The maximum absolute atomic E-state index is 14.2. The molecular weight excluding hydrogens is 410 g/mol. The minimum Gasteiger partial charge on any atom is -0.225 e. The van der Waals surface area contributed by atoms with E-state index in [4.69, 9.17) is 0 Å². The highest BCUT2D eigenvalue weighted by Gasteiger charge is 2.48. The predicted molar refractivity (Wildman–Crippen MR) is 120 cm³/mol. The normalized spacial score (nSPS) is 13.1. The van der Waals surface area contributed by atoms with Crippen LogP contribution >= 0.6 is 11.3 Å². The number of nitrogens with zero attached hydrogens (tertiary/aromatic N) is 1. The number of hydrogen-bond acceptors (Lipinski definition) is 4. The fraction of sp³-hybridized carbons (Fsp3) is 0.160. The summed E-state index contributed by atoms with van der Waals surface area (Å²) in [4.78, 5) is 5.68. The van der Waals surface area contributed by atoms with Crippen LogP contribution in [0.15, 0.2) is 83.2 Å². The van der Waals surface area contributed by atoms with Gasteiger partial charge in [-0.15, -0.1) is 11.3 Å². The molecule has 3 aromatic carbocycles. The Labute approximate surface area is 181 Å². The minimum absolute atomic E-state index is 0.191. The molecule has 149 valence electrons. The Morgan fingerprint density at radius 2 is 1.60 bits per heavy atom. The highest BCUT2D eigenvalue weighted by Crippen LogP contribution is 2.48. The van der Waals surface area contributed by atoms with Gasteiger partial charge in [-0.05, 0) is 29.2 Å². The van der Waals surface area contributed by atoms with Gasteiger partial charge in [-0.2, -0.15) is 0 Å². The molecule has 0 fully saturated rings. The molecule has 0 N–H and O–H groups in total. The van der Waals surface area contributed by atoms with Gasteiger partial charge in [0.05, 0.1) is 5.69 Å². The van der Waals surface area contributed by atoms with E-state index in [0.717, 1.165) is 32.8 Å². The molecule has 30 heavy (non-hydrogen) atoms. The Morgan fingerprint density at radius 3 is 2.20 bits per heavy atom. The van der Waals surface area contributed by atoms with Gasteiger partial charge in [-0.3, -0.25) is 0 Å². The molecule has 1 aromatic heterocycles. The van der Waals surface area contributed by atoms with Gasteiger partial charge in [0.2, 0.25) is 14.2 Å². The van der Waals surface area contributed by atoms with Crippen LogP contribution in [0, 0.1) is 6.07 Å². The van der Waals surface area contributed by atoms with Crippen molar-refractivity contribution in [3.63, 3.8) is 0 Å². The van der Waals surface area contributed by atoms with Crippen LogP contribution in [0.5, 0.6) is 0 Å². The third-order valence-electron chi connectivity index (χ3n) is 5.88. The lowest BCUT2D eigenvalue weighted by molar-refractivity contribution is 0.544. The third kappa shape index (κ3) is 2.69. The number of thiazole rings is 1. The van der Waals surface area contributed by atoms with Crippen molar-refractivity contribution in [1.82, 2.24) is 4.98 Å². The molecule has 1 aliphatic rings. The number of benzene rings is 3. The number of rotatable bonds is 5. The maximum Gasteiger partial charge on any atom is 0.219 e. The molecule has 1 heterocycles. The Morgan fingerprint density at radius 1 is 0.967 bits per heavy atom. The maximum atomic E-state index is 14.2. The second-order valence-corrected chi connectivity index (χ2v) is 10.8. The molecule has 1 radical (unpaired) electrons. The summed E-state index contributed by atoms with van der Waals surface area (Å²) in [6.45, 7) is 1.93. The van der Waals surface area contributed by atoms with Gasteiger partial charge in [-0.25, -0.2) is 13.4 Å². The van der Waals surface area contributed by atoms with E-state index in [1.54, 1.807) is 0 Å². The smallest absolute Gasteiger partial charge is 0.219 e. The molecule has 5 rings (SSSR count). The predicted octanol–water partition coefficient (Wildman–Crippen LogP) is 5.64. The first-order chi connectivity index (χ1) is 14.6. The van der Waals surface area contributed by atoms with Gasteiger partial charge in [0.1, 0.15) is 4.75 Å². The number of sulfone groups is 1. The molecule has 3 nitrogen and oxygen atoms in total. The lowest BCUT2D eigenvalue weighted by atomic mass is 9.88. The highest BCUT2D eigenvalue weighted by molar-refractivity contribution is 7.94. The standard InChI is InChI=1S/C25H20NO2S2/c1-2-25(19-12-5-3-6-13-19,20-14-7-4-8-15-20)30(27,28)24-26-23-21-16-10-9-11-18(21)17-22(23)29-24/h3-10,12-16H,2,17H2,1H3. The summed E-state index contributed by atoms with van der Waals surface area (Å²) in [5.74, 6) is 0. The summed E-state index contributed by atoms with van der Waals surface area (Å²) in [7, 11) is -3.80. The molecule has 0 atom stereocenters. The van der Waals surface area contributed by atoms with Crippen molar-refractivity contribution in [2.45, 2.75) is 28.9 Å². The SMILES string of the molecule is CCC(c1ccccc1)(c1ccccc1)S(=O)(=O)c1nc2c(s1)Cc1[c]cccc1-2. The first kappa shape index (κ1) is 19.2. The fourth-order valence-electron chi connectivity index (χ4n) is 4.41. The zero-order chi connectivity index (χ0) is 20.8. The zero-order valence-corrected chi connectivity index (χ0v) is 18.1. The van der Waals surface area contributed by atoms with E-state index >= 15 is 0 Å². The first-order valence-electron chi connectivity index (χ1n) is 9.93. The summed E-state index contributed by atoms with van der Waals surface area (Å²) in [6, 6.07) is 28.1. The number of fused-ring (bicyclic) bond motifs is 3. The molecule has 0 saturated carbocycles. The Balaban J connectivity index is 1.73. The summed E-state index contributed by atoms with van der Waals surface area (Å²) in [5.41, 5.74) is 4.40. The van der Waals surface area contributed by atoms with E-state index in [9.17, 15) is 8.42 Å². The van der Waals surface area contributed by atoms with Crippen LogP contribution in [0.2, 0.25) is 0 Å². The van der Waals surface area contributed by atoms with E-state index in [-0.39, 0.29) is 4.34 Å². The van der Waals surface area contributed by atoms with Gasteiger partial charge >= 0.3 is 0 Å². The van der Waals surface area contributed by atoms with Crippen LogP contribution in [0.25, 0.3) is 11.3 Å². The summed E-state index contributed by atoms with van der Waals surface area (Å²) >= 11 is 1.30. The Hall–Kier alpha value is -2.76. The van der Waals surface area contributed by atoms with Crippen LogP contribution in [-0.2, 0) is 21.0 Å². The van der Waals surface area contributed by atoms with Gasteiger partial charge in [0.15, 0.2) is 0 Å². The summed E-state index contributed by atoms with van der Waals surface area (Å²) in [6.07, 6.45) is 1.10. The average Bonchev–Trinajstić information content (AvgIpc) is 3.35. The zero-order valence-electron chi connectivity index (χ0n) is 16.5. The van der Waals surface area contributed by atoms with Crippen molar-refractivity contribution in [2.75, 3.05) is 0 Å².